The fourth-order valence-electron chi connectivity index (χ4n) is 2.04. The summed E-state index contributed by atoms with van der Waals surface area (Å²) in [6.07, 6.45) is 1.73. The molecule has 6 heteroatoms. The van der Waals surface area contributed by atoms with Gasteiger partial charge in [-0.3, -0.25) is 0 Å². The van der Waals surface area contributed by atoms with Gasteiger partial charge >= 0.3 is 0 Å². The highest BCUT2D eigenvalue weighted by molar-refractivity contribution is 7.99. The van der Waals surface area contributed by atoms with Gasteiger partial charge in [0.15, 0.2) is 5.82 Å². The van der Waals surface area contributed by atoms with E-state index in [1.54, 1.807) is 0 Å². The van der Waals surface area contributed by atoms with Gasteiger partial charge in [-0.25, -0.2) is 0 Å². The van der Waals surface area contributed by atoms with Crippen molar-refractivity contribution in [2.45, 2.75) is 43.1 Å². The predicted octanol–water partition coefficient (Wildman–Crippen LogP) is 1.72. The summed E-state index contributed by atoms with van der Waals surface area (Å²) in [5.41, 5.74) is 5.74. The Morgan fingerprint density at radius 1 is 1.39 bits per heavy atom. The summed E-state index contributed by atoms with van der Waals surface area (Å²) in [7, 11) is 0. The monoisotopic (exact) mass is 271 g/mol. The lowest BCUT2D eigenvalue weighted by Gasteiger charge is -2.32. The summed E-state index contributed by atoms with van der Waals surface area (Å²) in [4.78, 5) is 4.51. The van der Waals surface area contributed by atoms with Crippen molar-refractivity contribution in [2.75, 3.05) is 19.8 Å². The van der Waals surface area contributed by atoms with Crippen molar-refractivity contribution in [1.82, 2.24) is 10.1 Å². The van der Waals surface area contributed by atoms with Crippen LogP contribution in [-0.2, 0) is 15.9 Å². The van der Waals surface area contributed by atoms with Crippen molar-refractivity contribution >= 4 is 11.8 Å². The molecule has 2 heterocycles. The summed E-state index contributed by atoms with van der Waals surface area (Å²) in [5, 5.41) is 4.62. The quantitative estimate of drug-likeness (QED) is 0.879. The van der Waals surface area contributed by atoms with Crippen LogP contribution in [0.25, 0.3) is 0 Å². The third kappa shape index (κ3) is 3.05. The van der Waals surface area contributed by atoms with Gasteiger partial charge in [0, 0.05) is 19.8 Å². The SMILES string of the molecule is CC(C)SCc1noc(C2(CN)CCOCC2)n1. The zero-order valence-corrected chi connectivity index (χ0v) is 11.8. The van der Waals surface area contributed by atoms with Gasteiger partial charge < -0.3 is 15.0 Å². The Hall–Kier alpha value is -0.590. The third-order valence-corrected chi connectivity index (χ3v) is 4.40. The normalized spacial score (nSPS) is 19.3. The molecule has 1 saturated heterocycles. The van der Waals surface area contributed by atoms with Crippen molar-refractivity contribution in [3.05, 3.63) is 11.7 Å². The summed E-state index contributed by atoms with van der Waals surface area (Å²) in [6, 6.07) is 0. The second-order valence-corrected chi connectivity index (χ2v) is 6.54. The summed E-state index contributed by atoms with van der Waals surface area (Å²) in [5.74, 6) is 2.24. The van der Waals surface area contributed by atoms with Gasteiger partial charge in [0.25, 0.3) is 0 Å². The fourth-order valence-corrected chi connectivity index (χ4v) is 2.64. The third-order valence-electron chi connectivity index (χ3n) is 3.31. The minimum atomic E-state index is -0.175. The molecule has 0 atom stereocenters. The first-order valence-electron chi connectivity index (χ1n) is 6.39. The molecule has 0 amide bonds. The lowest BCUT2D eigenvalue weighted by Crippen LogP contribution is -2.40. The first-order chi connectivity index (χ1) is 8.66. The van der Waals surface area contributed by atoms with Crippen molar-refractivity contribution in [3.63, 3.8) is 0 Å². The Kier molecular flexibility index (Phi) is 4.64. The molecule has 1 aliphatic heterocycles. The highest BCUT2D eigenvalue weighted by Crippen LogP contribution is 2.33. The second kappa shape index (κ2) is 6.04. The Balaban J connectivity index is 2.07. The average molecular weight is 271 g/mol. The van der Waals surface area contributed by atoms with Crippen molar-refractivity contribution < 1.29 is 9.26 Å². The van der Waals surface area contributed by atoms with Gasteiger partial charge in [0.05, 0.1) is 11.2 Å². The lowest BCUT2D eigenvalue weighted by atomic mass is 9.80. The summed E-state index contributed by atoms with van der Waals surface area (Å²) >= 11 is 1.81. The van der Waals surface area contributed by atoms with Crippen LogP contribution in [0.5, 0.6) is 0 Å². The number of nitrogens with zero attached hydrogens (tertiary/aromatic N) is 2. The van der Waals surface area contributed by atoms with Crippen molar-refractivity contribution in [2.24, 2.45) is 5.73 Å². The smallest absolute Gasteiger partial charge is 0.234 e. The van der Waals surface area contributed by atoms with E-state index >= 15 is 0 Å². The molecular formula is C12H21N3O2S. The van der Waals surface area contributed by atoms with Crippen LogP contribution in [0.15, 0.2) is 4.52 Å². The number of ether oxygens (including phenoxy) is 1. The number of aromatic nitrogens is 2. The highest BCUT2D eigenvalue weighted by Gasteiger charge is 2.38. The molecule has 0 aromatic carbocycles. The van der Waals surface area contributed by atoms with E-state index in [2.05, 4.69) is 24.0 Å². The maximum absolute atomic E-state index is 5.91. The maximum Gasteiger partial charge on any atom is 0.234 e. The Bertz CT molecular complexity index is 375. The first-order valence-corrected chi connectivity index (χ1v) is 7.44. The topological polar surface area (TPSA) is 74.2 Å². The Morgan fingerprint density at radius 2 is 2.11 bits per heavy atom. The molecule has 1 fully saturated rings. The lowest BCUT2D eigenvalue weighted by molar-refractivity contribution is 0.0409. The molecule has 0 spiro atoms. The van der Waals surface area contributed by atoms with Gasteiger partial charge in [0.1, 0.15) is 0 Å². The van der Waals surface area contributed by atoms with E-state index in [-0.39, 0.29) is 5.41 Å². The molecule has 1 aromatic rings. The molecule has 0 aliphatic carbocycles. The molecule has 2 N–H and O–H groups in total. The molecule has 0 radical (unpaired) electrons. The summed E-state index contributed by atoms with van der Waals surface area (Å²) < 4.78 is 10.8. The second-order valence-electron chi connectivity index (χ2n) is 4.97. The first kappa shape index (κ1) is 13.8. The van der Waals surface area contributed by atoms with Crippen LogP contribution in [0.3, 0.4) is 0 Å². The Labute approximate surface area is 112 Å². The van der Waals surface area contributed by atoms with Crippen LogP contribution in [0.2, 0.25) is 0 Å². The number of hydrogen-bond acceptors (Lipinski definition) is 6. The van der Waals surface area contributed by atoms with Crippen LogP contribution in [0, 0.1) is 0 Å². The average Bonchev–Trinajstić information content (AvgIpc) is 2.86. The van der Waals surface area contributed by atoms with Crippen LogP contribution in [0.1, 0.15) is 38.4 Å². The highest BCUT2D eigenvalue weighted by atomic mass is 32.2. The molecule has 1 aromatic heterocycles. The van der Waals surface area contributed by atoms with E-state index in [4.69, 9.17) is 15.0 Å². The molecule has 0 bridgehead atoms. The van der Waals surface area contributed by atoms with E-state index in [1.807, 2.05) is 11.8 Å². The predicted molar refractivity (Wildman–Crippen MR) is 71.5 cm³/mol. The number of rotatable bonds is 5. The molecule has 18 heavy (non-hydrogen) atoms. The van der Waals surface area contributed by atoms with E-state index < -0.39 is 0 Å². The molecule has 102 valence electrons. The largest absolute Gasteiger partial charge is 0.381 e. The molecular weight excluding hydrogens is 250 g/mol. The van der Waals surface area contributed by atoms with Gasteiger partial charge in [-0.15, -0.1) is 0 Å². The van der Waals surface area contributed by atoms with Crippen LogP contribution < -0.4 is 5.73 Å². The molecule has 1 aliphatic rings. The summed E-state index contributed by atoms with van der Waals surface area (Å²) in [6.45, 7) is 6.29. The maximum atomic E-state index is 5.91. The van der Waals surface area contributed by atoms with Gasteiger partial charge in [-0.1, -0.05) is 19.0 Å². The molecule has 2 rings (SSSR count). The minimum Gasteiger partial charge on any atom is -0.381 e. The molecule has 0 unspecified atom stereocenters. The van der Waals surface area contributed by atoms with E-state index in [0.29, 0.717) is 17.7 Å². The number of thioether (sulfide) groups is 1. The van der Waals surface area contributed by atoms with Crippen molar-refractivity contribution in [3.8, 4) is 0 Å². The number of hydrogen-bond donors (Lipinski definition) is 1. The number of nitrogens with two attached hydrogens (primary N) is 1. The molecule has 5 nitrogen and oxygen atoms in total. The minimum absolute atomic E-state index is 0.175. The zero-order chi connectivity index (χ0) is 13.0. The standard InChI is InChI=1S/C12H21N3O2S/c1-9(2)18-7-10-14-11(17-15-10)12(8-13)3-5-16-6-4-12/h9H,3-8,13H2,1-2H3. The van der Waals surface area contributed by atoms with Crippen LogP contribution >= 0.6 is 11.8 Å². The van der Waals surface area contributed by atoms with Crippen LogP contribution in [0.4, 0.5) is 0 Å². The zero-order valence-electron chi connectivity index (χ0n) is 11.0. The Morgan fingerprint density at radius 3 is 2.72 bits per heavy atom. The van der Waals surface area contributed by atoms with E-state index in [9.17, 15) is 0 Å². The van der Waals surface area contributed by atoms with E-state index in [0.717, 1.165) is 37.6 Å². The van der Waals surface area contributed by atoms with Gasteiger partial charge in [0.2, 0.25) is 5.89 Å². The van der Waals surface area contributed by atoms with E-state index in [1.165, 1.54) is 0 Å². The van der Waals surface area contributed by atoms with Gasteiger partial charge in [-0.2, -0.15) is 16.7 Å². The van der Waals surface area contributed by atoms with Gasteiger partial charge in [-0.05, 0) is 18.1 Å². The van der Waals surface area contributed by atoms with Crippen LogP contribution in [-0.4, -0.2) is 35.1 Å². The molecule has 0 saturated carbocycles. The fraction of sp³-hybridized carbons (Fsp3) is 0.833. The van der Waals surface area contributed by atoms with Crippen molar-refractivity contribution in [1.29, 1.82) is 0 Å².